The average Bonchev–Trinajstić information content (AvgIpc) is 3.17. The highest BCUT2D eigenvalue weighted by atomic mass is 16.5. The standard InChI is InChI=1S/C39H49N7O6/c1-2-3-4-7-23-52-39(49)44-37(40)30-12-14-32(15-13-30)42-28-33-16-11-29-9-10-31(27-34(29)43-33)38(48)46(35-8-5-6-18-41-35)19-17-36(47)51-26-22-45-20-24-50-25-21-45/h5-6,8-10,12-15,18,27,42H,2-4,7,11,16-17,19-26,28H2,1H3,(H2,40,44,49). The molecule has 0 radical (unpaired) electrons. The molecular formula is C39H49N7O6. The van der Waals surface area contributed by atoms with Crippen molar-refractivity contribution in [1.82, 2.24) is 15.2 Å². The molecule has 1 fully saturated rings. The van der Waals surface area contributed by atoms with Crippen molar-refractivity contribution < 1.29 is 28.6 Å². The molecule has 3 heterocycles. The van der Waals surface area contributed by atoms with Crippen molar-refractivity contribution in [2.45, 2.75) is 51.9 Å². The van der Waals surface area contributed by atoms with Gasteiger partial charge in [-0.05, 0) is 73.4 Å². The highest BCUT2D eigenvalue weighted by Gasteiger charge is 2.23. The number of carbonyl (C=O) groups is 3. The number of aryl methyl sites for hydroxylation is 1. The first-order chi connectivity index (χ1) is 25.4. The van der Waals surface area contributed by atoms with Gasteiger partial charge >= 0.3 is 12.1 Å². The fraction of sp³-hybridized carbons (Fsp3) is 0.436. The molecule has 0 unspecified atom stereocenters. The van der Waals surface area contributed by atoms with Gasteiger partial charge in [-0.3, -0.25) is 35.1 Å². The maximum atomic E-state index is 13.9. The van der Waals surface area contributed by atoms with E-state index in [1.165, 1.54) is 4.90 Å². The molecule has 0 aliphatic carbocycles. The summed E-state index contributed by atoms with van der Waals surface area (Å²) in [5.74, 6) is -0.213. The number of pyridine rings is 1. The van der Waals surface area contributed by atoms with Gasteiger partial charge in [0.2, 0.25) is 0 Å². The highest BCUT2D eigenvalue weighted by molar-refractivity contribution is 6.07. The molecule has 13 nitrogen and oxygen atoms in total. The van der Waals surface area contributed by atoms with Gasteiger partial charge in [-0.25, -0.2) is 9.78 Å². The van der Waals surface area contributed by atoms with Gasteiger partial charge in [0.1, 0.15) is 18.3 Å². The molecule has 1 saturated heterocycles. The van der Waals surface area contributed by atoms with Crippen molar-refractivity contribution in [2.24, 2.45) is 4.99 Å². The van der Waals surface area contributed by atoms with Crippen molar-refractivity contribution in [3.8, 4) is 0 Å². The van der Waals surface area contributed by atoms with Crippen LogP contribution in [0.2, 0.25) is 0 Å². The molecule has 3 aromatic rings. The average molecular weight is 712 g/mol. The number of nitrogens with one attached hydrogen (secondary N) is 3. The molecule has 0 bridgehead atoms. The monoisotopic (exact) mass is 711 g/mol. The Morgan fingerprint density at radius 3 is 2.52 bits per heavy atom. The van der Waals surface area contributed by atoms with E-state index in [0.717, 1.165) is 74.3 Å². The predicted molar refractivity (Wildman–Crippen MR) is 201 cm³/mol. The van der Waals surface area contributed by atoms with Gasteiger partial charge in [-0.1, -0.05) is 38.3 Å². The predicted octanol–water partition coefficient (Wildman–Crippen LogP) is 5.76. The number of anilines is 2. The Labute approximate surface area is 305 Å². The Morgan fingerprint density at radius 2 is 1.75 bits per heavy atom. The van der Waals surface area contributed by atoms with Crippen LogP contribution in [-0.4, -0.2) is 98.6 Å². The highest BCUT2D eigenvalue weighted by Crippen LogP contribution is 2.28. The maximum Gasteiger partial charge on any atom is 0.412 e. The second-order valence-electron chi connectivity index (χ2n) is 12.7. The van der Waals surface area contributed by atoms with Crippen LogP contribution < -0.4 is 15.5 Å². The summed E-state index contributed by atoms with van der Waals surface area (Å²) >= 11 is 0. The third-order valence-electron chi connectivity index (χ3n) is 8.91. The van der Waals surface area contributed by atoms with Gasteiger partial charge in [-0.15, -0.1) is 0 Å². The molecule has 276 valence electrons. The van der Waals surface area contributed by atoms with Gasteiger partial charge < -0.3 is 19.5 Å². The van der Waals surface area contributed by atoms with E-state index in [9.17, 15) is 14.4 Å². The first-order valence-corrected chi connectivity index (χ1v) is 18.1. The normalized spacial score (nSPS) is 14.1. The zero-order valence-corrected chi connectivity index (χ0v) is 29.9. The van der Waals surface area contributed by atoms with E-state index in [-0.39, 0.29) is 30.7 Å². The van der Waals surface area contributed by atoms with Gasteiger partial charge in [-0.2, -0.15) is 0 Å². The Kier molecular flexibility index (Phi) is 14.7. The minimum Gasteiger partial charge on any atom is -0.464 e. The Hall–Kier alpha value is -5.14. The number of ether oxygens (including phenoxy) is 3. The van der Waals surface area contributed by atoms with Gasteiger partial charge in [0.05, 0.1) is 38.5 Å². The number of hydrogen-bond donors (Lipinski definition) is 3. The van der Waals surface area contributed by atoms with E-state index in [0.29, 0.717) is 56.5 Å². The van der Waals surface area contributed by atoms with Crippen LogP contribution in [0.3, 0.4) is 0 Å². The summed E-state index contributed by atoms with van der Waals surface area (Å²) in [4.78, 5) is 51.5. The summed E-state index contributed by atoms with van der Waals surface area (Å²) in [5, 5.41) is 14.1. The lowest BCUT2D eigenvalue weighted by molar-refractivity contribution is -0.144. The number of nitrogens with zero attached hydrogens (tertiary/aromatic N) is 4. The lowest BCUT2D eigenvalue weighted by atomic mass is 9.99. The summed E-state index contributed by atoms with van der Waals surface area (Å²) in [6.45, 7) is 7.05. The molecule has 2 aromatic carbocycles. The zero-order chi connectivity index (χ0) is 36.5. The summed E-state index contributed by atoms with van der Waals surface area (Å²) in [6.07, 6.45) is 6.64. The van der Waals surface area contributed by atoms with E-state index < -0.39 is 6.09 Å². The minimum absolute atomic E-state index is 0.0234. The number of aromatic nitrogens is 1. The zero-order valence-electron chi connectivity index (χ0n) is 29.9. The van der Waals surface area contributed by atoms with Gasteiger partial charge in [0, 0.05) is 54.9 Å². The van der Waals surface area contributed by atoms with Crippen molar-refractivity contribution in [3.05, 3.63) is 83.6 Å². The number of hydrogen-bond acceptors (Lipinski definition) is 11. The third kappa shape index (κ3) is 11.7. The van der Waals surface area contributed by atoms with Crippen LogP contribution in [0.15, 0.2) is 71.9 Å². The number of aliphatic imine (C=N–C) groups is 1. The third-order valence-corrected chi connectivity index (χ3v) is 8.91. The molecule has 0 saturated carbocycles. The minimum atomic E-state index is -0.621. The summed E-state index contributed by atoms with van der Waals surface area (Å²) in [6, 6.07) is 18.1. The van der Waals surface area contributed by atoms with Crippen molar-refractivity contribution in [3.63, 3.8) is 0 Å². The number of amidine groups is 1. The van der Waals surface area contributed by atoms with E-state index >= 15 is 0 Å². The number of alkyl carbamates (subject to hydrolysis) is 1. The van der Waals surface area contributed by atoms with Crippen LogP contribution in [-0.2, 0) is 25.4 Å². The lowest BCUT2D eigenvalue weighted by Crippen LogP contribution is -2.38. The van der Waals surface area contributed by atoms with Crippen molar-refractivity contribution >= 4 is 46.7 Å². The van der Waals surface area contributed by atoms with Crippen molar-refractivity contribution in [2.75, 3.05) is 69.4 Å². The van der Waals surface area contributed by atoms with Crippen LogP contribution in [0, 0.1) is 5.41 Å². The first-order valence-electron chi connectivity index (χ1n) is 18.1. The lowest BCUT2D eigenvalue weighted by Gasteiger charge is -2.26. The first kappa shape index (κ1) is 38.1. The topological polar surface area (TPSA) is 159 Å². The molecule has 52 heavy (non-hydrogen) atoms. The fourth-order valence-corrected chi connectivity index (χ4v) is 5.89. The van der Waals surface area contributed by atoms with E-state index in [4.69, 9.17) is 24.6 Å². The number of amides is 2. The Balaban J connectivity index is 1.14. The number of benzene rings is 2. The van der Waals surface area contributed by atoms with Gasteiger partial charge in [0.15, 0.2) is 0 Å². The van der Waals surface area contributed by atoms with Crippen LogP contribution in [0.1, 0.15) is 66.9 Å². The number of morpholine rings is 1. The van der Waals surface area contributed by atoms with E-state index in [1.807, 2.05) is 18.2 Å². The maximum absolute atomic E-state index is 13.9. The SMILES string of the molecule is CCCCCCOC(=O)NC(=N)c1ccc(NCC2=Nc3cc(C(=O)N(CCC(=O)OCCN4CCOCC4)c4ccccn4)ccc3CC2)cc1. The van der Waals surface area contributed by atoms with E-state index in [2.05, 4.69) is 27.4 Å². The smallest absolute Gasteiger partial charge is 0.412 e. The van der Waals surface area contributed by atoms with E-state index in [1.54, 1.807) is 48.7 Å². The Bertz CT molecular complexity index is 1680. The number of fused-ring (bicyclic) bond motifs is 1. The Morgan fingerprint density at radius 1 is 0.942 bits per heavy atom. The van der Waals surface area contributed by atoms with Gasteiger partial charge in [0.25, 0.3) is 5.91 Å². The summed E-state index contributed by atoms with van der Waals surface area (Å²) < 4.78 is 16.0. The molecule has 2 amide bonds. The fourth-order valence-electron chi connectivity index (χ4n) is 5.89. The number of esters is 1. The molecule has 13 heteroatoms. The molecule has 5 rings (SSSR count). The molecule has 2 aliphatic heterocycles. The second kappa shape index (κ2) is 20.0. The molecule has 2 aliphatic rings. The molecule has 0 spiro atoms. The number of rotatable bonds is 17. The number of carbonyl (C=O) groups excluding carboxylic acids is 3. The second-order valence-corrected chi connectivity index (χ2v) is 12.7. The van der Waals surface area contributed by atoms with Crippen LogP contribution in [0.25, 0.3) is 0 Å². The molecular weight excluding hydrogens is 662 g/mol. The van der Waals surface area contributed by atoms with Crippen LogP contribution in [0.4, 0.5) is 22.0 Å². The quantitative estimate of drug-likeness (QED) is 0.0686. The largest absolute Gasteiger partial charge is 0.464 e. The molecule has 0 atom stereocenters. The van der Waals surface area contributed by atoms with Crippen molar-refractivity contribution in [1.29, 1.82) is 5.41 Å². The molecule has 1 aromatic heterocycles. The van der Waals surface area contributed by atoms with Crippen LogP contribution >= 0.6 is 0 Å². The van der Waals surface area contributed by atoms with Crippen LogP contribution in [0.5, 0.6) is 0 Å². The molecule has 3 N–H and O–H groups in total. The number of unbranched alkanes of at least 4 members (excludes halogenated alkanes) is 3. The summed E-state index contributed by atoms with van der Waals surface area (Å²) in [7, 11) is 0. The summed E-state index contributed by atoms with van der Waals surface area (Å²) in [5.41, 5.74) is 4.61.